The van der Waals surface area contributed by atoms with Crippen molar-refractivity contribution in [3.63, 3.8) is 0 Å². The van der Waals surface area contributed by atoms with E-state index >= 15 is 0 Å². The average molecular weight is 777 g/mol. The molecule has 0 unspecified atom stereocenters. The third kappa shape index (κ3) is 50.9. The van der Waals surface area contributed by atoms with Crippen LogP contribution in [0.1, 0.15) is 309 Å². The smallest absolute Gasteiger partial charge is 0.305 e. The predicted molar refractivity (Wildman–Crippen MR) is 241 cm³/mol. The van der Waals surface area contributed by atoms with Gasteiger partial charge in [-0.3, -0.25) is 9.59 Å². The van der Waals surface area contributed by atoms with Gasteiger partial charge in [-0.1, -0.05) is 277 Å². The third-order valence-electron chi connectivity index (χ3n) is 12.0. The van der Waals surface area contributed by atoms with E-state index in [1.165, 1.54) is 263 Å². The molecule has 0 aromatic heterocycles. The van der Waals surface area contributed by atoms with Crippen LogP contribution in [-0.2, 0) is 14.3 Å². The van der Waals surface area contributed by atoms with Crippen LogP contribution < -0.4 is 0 Å². The Balaban J connectivity index is 3.12. The van der Waals surface area contributed by atoms with E-state index in [0.717, 1.165) is 25.7 Å². The van der Waals surface area contributed by atoms with E-state index in [1.807, 2.05) is 0 Å². The molecule has 0 atom stereocenters. The summed E-state index contributed by atoms with van der Waals surface area (Å²) in [4.78, 5) is 22.5. The molecule has 0 fully saturated rings. The molecule has 0 aliphatic rings. The molecule has 328 valence electrons. The second kappa shape index (κ2) is 49.1. The van der Waals surface area contributed by atoms with E-state index in [9.17, 15) is 9.59 Å². The minimum absolute atomic E-state index is 0.0239. The van der Waals surface area contributed by atoms with Crippen LogP contribution >= 0.6 is 0 Å². The van der Waals surface area contributed by atoms with Gasteiger partial charge in [0.15, 0.2) is 0 Å². The Morgan fingerprint density at radius 1 is 0.291 bits per heavy atom. The van der Waals surface area contributed by atoms with Crippen molar-refractivity contribution >= 4 is 11.9 Å². The Morgan fingerprint density at radius 2 is 0.491 bits per heavy atom. The monoisotopic (exact) mass is 777 g/mol. The first kappa shape index (κ1) is 53.9. The fourth-order valence-electron chi connectivity index (χ4n) is 8.23. The van der Waals surface area contributed by atoms with Gasteiger partial charge in [0.05, 0.1) is 6.61 Å². The zero-order valence-electron chi connectivity index (χ0n) is 37.6. The molecule has 0 spiro atoms. The summed E-state index contributed by atoms with van der Waals surface area (Å²) >= 11 is 0. The molecule has 4 nitrogen and oxygen atoms in total. The number of hydrogen-bond donors (Lipinski definition) is 1. The number of carboxylic acids is 1. The summed E-state index contributed by atoms with van der Waals surface area (Å²) in [7, 11) is 0. The highest BCUT2D eigenvalue weighted by atomic mass is 16.5. The molecule has 0 radical (unpaired) electrons. The maximum Gasteiger partial charge on any atom is 0.305 e. The summed E-state index contributed by atoms with van der Waals surface area (Å²) in [5.74, 6) is -0.627. The van der Waals surface area contributed by atoms with Crippen molar-refractivity contribution in [2.75, 3.05) is 6.61 Å². The minimum Gasteiger partial charge on any atom is -0.481 e. The predicted octanol–water partition coefficient (Wildman–Crippen LogP) is 18.0. The second-order valence-corrected chi connectivity index (χ2v) is 17.7. The zero-order valence-corrected chi connectivity index (χ0v) is 37.6. The van der Waals surface area contributed by atoms with Crippen LogP contribution in [0.5, 0.6) is 0 Å². The molecule has 4 heteroatoms. The van der Waals surface area contributed by atoms with E-state index < -0.39 is 5.97 Å². The van der Waals surface area contributed by atoms with Crippen LogP contribution in [0.4, 0.5) is 0 Å². The highest BCUT2D eigenvalue weighted by Gasteiger charge is 2.03. The van der Waals surface area contributed by atoms with Crippen molar-refractivity contribution in [3.8, 4) is 0 Å². The number of carboxylic acid groups (broad SMARTS) is 1. The molecule has 0 saturated heterocycles. The molecule has 0 amide bonds. The lowest BCUT2D eigenvalue weighted by Gasteiger charge is -2.06. The van der Waals surface area contributed by atoms with E-state index in [2.05, 4.69) is 6.92 Å². The zero-order chi connectivity index (χ0) is 39.8. The number of esters is 1. The van der Waals surface area contributed by atoms with Crippen molar-refractivity contribution in [1.82, 2.24) is 0 Å². The number of carbonyl (C=O) groups is 2. The first-order chi connectivity index (χ1) is 27.2. The van der Waals surface area contributed by atoms with Gasteiger partial charge in [-0.05, 0) is 19.3 Å². The second-order valence-electron chi connectivity index (χ2n) is 17.7. The fourth-order valence-corrected chi connectivity index (χ4v) is 8.23. The third-order valence-corrected chi connectivity index (χ3v) is 12.0. The lowest BCUT2D eigenvalue weighted by Crippen LogP contribution is -2.05. The van der Waals surface area contributed by atoms with Gasteiger partial charge < -0.3 is 9.84 Å². The molecule has 0 heterocycles. The maximum atomic E-state index is 12.0. The summed E-state index contributed by atoms with van der Waals surface area (Å²) in [6.45, 7) is 2.91. The Labute approximate surface area is 345 Å². The van der Waals surface area contributed by atoms with Crippen LogP contribution in [0, 0.1) is 0 Å². The standard InChI is InChI=1S/C51H100O4/c1-2-3-4-5-6-7-32-36-39-42-45-48-51(54)55-49-46-43-40-37-34-31-29-27-25-23-21-19-17-15-13-11-9-8-10-12-14-16-18-20-22-24-26-28-30-33-35-38-41-44-47-50(52)53/h2-49H2,1H3,(H,52,53). The Bertz CT molecular complexity index is 736. The first-order valence-corrected chi connectivity index (χ1v) is 25.5. The van der Waals surface area contributed by atoms with Gasteiger partial charge in [-0.15, -0.1) is 0 Å². The number of hydrogen-bond acceptors (Lipinski definition) is 3. The molecule has 0 aromatic rings. The summed E-state index contributed by atoms with van der Waals surface area (Å²) in [5.41, 5.74) is 0. The largest absolute Gasteiger partial charge is 0.481 e. The molecule has 0 aliphatic carbocycles. The van der Waals surface area contributed by atoms with Crippen molar-refractivity contribution in [1.29, 1.82) is 0 Å². The van der Waals surface area contributed by atoms with Gasteiger partial charge in [0.2, 0.25) is 0 Å². The van der Waals surface area contributed by atoms with Crippen molar-refractivity contribution < 1.29 is 19.4 Å². The average Bonchev–Trinajstić information content (AvgIpc) is 3.18. The summed E-state index contributed by atoms with van der Waals surface area (Å²) in [5, 5.41) is 8.66. The molecule has 0 rings (SSSR count). The highest BCUT2D eigenvalue weighted by Crippen LogP contribution is 2.18. The molecule has 0 aliphatic heterocycles. The van der Waals surface area contributed by atoms with E-state index in [-0.39, 0.29) is 5.97 Å². The summed E-state index contributed by atoms with van der Waals surface area (Å²) in [6.07, 6.45) is 62.0. The molecule has 0 bridgehead atoms. The van der Waals surface area contributed by atoms with Crippen molar-refractivity contribution in [3.05, 3.63) is 0 Å². The SMILES string of the molecule is CCCCCCCCCCCCCC(=O)OCCCCCCCCCCCCCCCCCCCCCCCCCCCCCCCCCCCCC(=O)O. The minimum atomic E-state index is -0.651. The number of unbranched alkanes of at least 4 members (excludes halogenated alkanes) is 43. The Morgan fingerprint density at radius 3 is 0.727 bits per heavy atom. The van der Waals surface area contributed by atoms with E-state index in [0.29, 0.717) is 19.4 Å². The van der Waals surface area contributed by atoms with Crippen LogP contribution in [-0.4, -0.2) is 23.7 Å². The molecular weight excluding hydrogens is 677 g/mol. The van der Waals surface area contributed by atoms with Gasteiger partial charge in [0.25, 0.3) is 0 Å². The Kier molecular flexibility index (Phi) is 48.1. The van der Waals surface area contributed by atoms with Crippen LogP contribution in [0.3, 0.4) is 0 Å². The van der Waals surface area contributed by atoms with Gasteiger partial charge in [-0.2, -0.15) is 0 Å². The molecule has 0 aromatic carbocycles. The van der Waals surface area contributed by atoms with Gasteiger partial charge in [-0.25, -0.2) is 0 Å². The first-order valence-electron chi connectivity index (χ1n) is 25.5. The van der Waals surface area contributed by atoms with Crippen LogP contribution in [0.15, 0.2) is 0 Å². The lowest BCUT2D eigenvalue weighted by atomic mass is 10.0. The fraction of sp³-hybridized carbons (Fsp3) is 0.961. The van der Waals surface area contributed by atoms with Crippen LogP contribution in [0.25, 0.3) is 0 Å². The summed E-state index contributed by atoms with van der Waals surface area (Å²) < 4.78 is 5.46. The lowest BCUT2D eigenvalue weighted by molar-refractivity contribution is -0.144. The van der Waals surface area contributed by atoms with Gasteiger partial charge >= 0.3 is 11.9 Å². The normalized spacial score (nSPS) is 11.4. The summed E-state index contributed by atoms with van der Waals surface area (Å²) in [6, 6.07) is 0. The van der Waals surface area contributed by atoms with Crippen molar-refractivity contribution in [2.24, 2.45) is 0 Å². The number of aliphatic carboxylic acids is 1. The molecule has 55 heavy (non-hydrogen) atoms. The molecular formula is C51H100O4. The number of ether oxygens (including phenoxy) is 1. The van der Waals surface area contributed by atoms with Crippen LogP contribution in [0.2, 0.25) is 0 Å². The topological polar surface area (TPSA) is 63.6 Å². The van der Waals surface area contributed by atoms with Crippen molar-refractivity contribution in [2.45, 2.75) is 309 Å². The quantitative estimate of drug-likeness (QED) is 0.0494. The number of carbonyl (C=O) groups excluding carboxylic acids is 1. The Hall–Kier alpha value is -1.06. The molecule has 0 saturated carbocycles. The van der Waals surface area contributed by atoms with E-state index in [4.69, 9.17) is 9.84 Å². The van der Waals surface area contributed by atoms with Gasteiger partial charge in [0, 0.05) is 12.8 Å². The van der Waals surface area contributed by atoms with E-state index in [1.54, 1.807) is 0 Å². The maximum absolute atomic E-state index is 12.0. The van der Waals surface area contributed by atoms with Gasteiger partial charge in [0.1, 0.15) is 0 Å². The highest BCUT2D eigenvalue weighted by molar-refractivity contribution is 5.69. The molecule has 1 N–H and O–H groups in total. The number of rotatable bonds is 49.